The van der Waals surface area contributed by atoms with Crippen LogP contribution in [0.2, 0.25) is 0 Å². The van der Waals surface area contributed by atoms with E-state index in [4.69, 9.17) is 0 Å². The first-order chi connectivity index (χ1) is 15.4. The molecule has 2 heterocycles. The molecule has 0 aliphatic carbocycles. The summed E-state index contributed by atoms with van der Waals surface area (Å²) in [7, 11) is 0. The predicted octanol–water partition coefficient (Wildman–Crippen LogP) is 0.627. The average molecular weight is 433 g/mol. The van der Waals surface area contributed by atoms with Gasteiger partial charge < -0.3 is 16.0 Å². The fraction of sp³-hybridized carbons (Fsp3) is 0.261. The lowest BCUT2D eigenvalue weighted by atomic mass is 10.0. The standard InChI is InChI=1S/C23H23N5O4/c1-13(29)26-14-10-19(24-11-14)22(31)28-20(30)12-25-23(32)21-15-6-2-4-8-17(15)27-18-9-5-3-7-16(18)21/h2-9,14,19,24H,10-12H2,1H3,(H,25,32)(H,26,29)(H,28,30,31)/t14?,19-/m0/s1. The van der Waals surface area contributed by atoms with E-state index in [-0.39, 0.29) is 18.5 Å². The Kier molecular flexibility index (Phi) is 6.09. The zero-order valence-corrected chi connectivity index (χ0v) is 17.5. The molecule has 1 saturated heterocycles. The Bertz CT molecular complexity index is 1170. The molecule has 32 heavy (non-hydrogen) atoms. The molecule has 1 aliphatic heterocycles. The highest BCUT2D eigenvalue weighted by Gasteiger charge is 2.30. The number of imide groups is 1. The molecule has 9 heteroatoms. The van der Waals surface area contributed by atoms with Crippen LogP contribution in [0, 0.1) is 0 Å². The van der Waals surface area contributed by atoms with Crippen LogP contribution in [0.4, 0.5) is 0 Å². The van der Waals surface area contributed by atoms with E-state index in [1.54, 1.807) is 0 Å². The molecule has 4 amide bonds. The van der Waals surface area contributed by atoms with Crippen LogP contribution in [0.5, 0.6) is 0 Å². The fourth-order valence-corrected chi connectivity index (χ4v) is 3.94. The third-order valence-electron chi connectivity index (χ3n) is 5.34. The van der Waals surface area contributed by atoms with E-state index in [0.29, 0.717) is 40.3 Å². The molecule has 4 rings (SSSR count). The first kappa shape index (κ1) is 21.4. The van der Waals surface area contributed by atoms with E-state index in [1.165, 1.54) is 6.92 Å². The second kappa shape index (κ2) is 9.11. The van der Waals surface area contributed by atoms with Crippen molar-refractivity contribution >= 4 is 45.4 Å². The minimum Gasteiger partial charge on any atom is -0.352 e. The van der Waals surface area contributed by atoms with E-state index in [2.05, 4.69) is 26.3 Å². The van der Waals surface area contributed by atoms with E-state index in [0.717, 1.165) is 0 Å². The molecule has 4 N–H and O–H groups in total. The van der Waals surface area contributed by atoms with Gasteiger partial charge in [0.05, 0.1) is 29.2 Å². The minimum absolute atomic E-state index is 0.161. The molecule has 1 aliphatic rings. The number of amides is 4. The van der Waals surface area contributed by atoms with Crippen molar-refractivity contribution in [2.75, 3.05) is 13.1 Å². The van der Waals surface area contributed by atoms with Crippen molar-refractivity contribution in [3.63, 3.8) is 0 Å². The number of benzene rings is 2. The first-order valence-electron chi connectivity index (χ1n) is 10.3. The number of nitrogens with one attached hydrogen (secondary N) is 4. The highest BCUT2D eigenvalue weighted by atomic mass is 16.2. The number of para-hydroxylation sites is 2. The van der Waals surface area contributed by atoms with E-state index < -0.39 is 23.8 Å². The second-order valence-electron chi connectivity index (χ2n) is 7.71. The third kappa shape index (κ3) is 4.57. The zero-order chi connectivity index (χ0) is 22.7. The van der Waals surface area contributed by atoms with Gasteiger partial charge in [-0.15, -0.1) is 0 Å². The van der Waals surface area contributed by atoms with Crippen LogP contribution in [-0.2, 0) is 14.4 Å². The smallest absolute Gasteiger partial charge is 0.253 e. The Hall–Kier alpha value is -3.85. The van der Waals surface area contributed by atoms with E-state index in [9.17, 15) is 19.2 Å². The van der Waals surface area contributed by atoms with Crippen molar-refractivity contribution in [1.29, 1.82) is 0 Å². The maximum absolute atomic E-state index is 13.0. The maximum atomic E-state index is 13.0. The predicted molar refractivity (Wildman–Crippen MR) is 119 cm³/mol. The van der Waals surface area contributed by atoms with Gasteiger partial charge in [0.2, 0.25) is 17.7 Å². The summed E-state index contributed by atoms with van der Waals surface area (Å²) >= 11 is 0. The largest absolute Gasteiger partial charge is 0.352 e. The molecular weight excluding hydrogens is 410 g/mol. The van der Waals surface area contributed by atoms with Gasteiger partial charge in [0.15, 0.2) is 0 Å². The molecular formula is C23H23N5O4. The Morgan fingerprint density at radius 3 is 2.25 bits per heavy atom. The number of carbonyl (C=O) groups excluding carboxylic acids is 4. The topological polar surface area (TPSA) is 129 Å². The van der Waals surface area contributed by atoms with Crippen molar-refractivity contribution in [3.05, 3.63) is 54.1 Å². The van der Waals surface area contributed by atoms with Gasteiger partial charge >= 0.3 is 0 Å². The molecule has 164 valence electrons. The molecule has 1 aromatic heterocycles. The third-order valence-corrected chi connectivity index (χ3v) is 5.34. The number of hydrogen-bond acceptors (Lipinski definition) is 6. The van der Waals surface area contributed by atoms with E-state index in [1.807, 2.05) is 48.5 Å². The van der Waals surface area contributed by atoms with Crippen molar-refractivity contribution in [2.45, 2.75) is 25.4 Å². The molecule has 0 saturated carbocycles. The molecule has 0 spiro atoms. The normalized spacial score (nSPS) is 17.8. The molecule has 2 aromatic carbocycles. The Balaban J connectivity index is 1.42. The Morgan fingerprint density at radius 1 is 1.00 bits per heavy atom. The number of nitrogens with zero attached hydrogens (tertiary/aromatic N) is 1. The molecule has 1 fully saturated rings. The van der Waals surface area contributed by atoms with Crippen molar-refractivity contribution < 1.29 is 19.2 Å². The minimum atomic E-state index is -0.615. The lowest BCUT2D eigenvalue weighted by molar-refractivity contribution is -0.131. The summed E-state index contributed by atoms with van der Waals surface area (Å²) in [5, 5.41) is 12.0. The van der Waals surface area contributed by atoms with Crippen molar-refractivity contribution in [2.24, 2.45) is 0 Å². The lowest BCUT2D eigenvalue weighted by Crippen LogP contribution is -2.46. The number of pyridine rings is 1. The molecule has 1 unspecified atom stereocenters. The number of rotatable bonds is 5. The van der Waals surface area contributed by atoms with Crippen LogP contribution in [0.1, 0.15) is 23.7 Å². The number of hydrogen-bond donors (Lipinski definition) is 4. The summed E-state index contributed by atoms with van der Waals surface area (Å²) in [5.41, 5.74) is 1.79. The summed E-state index contributed by atoms with van der Waals surface area (Å²) in [6, 6.07) is 13.9. The van der Waals surface area contributed by atoms with Gasteiger partial charge in [-0.05, 0) is 18.6 Å². The average Bonchev–Trinajstić information content (AvgIpc) is 3.23. The Labute approximate surface area is 184 Å². The summed E-state index contributed by atoms with van der Waals surface area (Å²) in [5.74, 6) is -1.70. The quantitative estimate of drug-likeness (QED) is 0.437. The number of aromatic nitrogens is 1. The molecule has 2 atom stereocenters. The molecule has 3 aromatic rings. The second-order valence-corrected chi connectivity index (χ2v) is 7.71. The van der Waals surface area contributed by atoms with Gasteiger partial charge in [-0.3, -0.25) is 24.5 Å². The molecule has 0 bridgehead atoms. The van der Waals surface area contributed by atoms with Crippen LogP contribution in [0.25, 0.3) is 21.8 Å². The van der Waals surface area contributed by atoms with Gasteiger partial charge in [0.1, 0.15) is 0 Å². The zero-order valence-electron chi connectivity index (χ0n) is 17.5. The highest BCUT2D eigenvalue weighted by Crippen LogP contribution is 2.25. The molecule has 9 nitrogen and oxygen atoms in total. The summed E-state index contributed by atoms with van der Waals surface area (Å²) < 4.78 is 0. The van der Waals surface area contributed by atoms with Gasteiger partial charge in [-0.2, -0.15) is 0 Å². The van der Waals surface area contributed by atoms with Crippen LogP contribution >= 0.6 is 0 Å². The number of carbonyl (C=O) groups is 4. The van der Waals surface area contributed by atoms with Crippen molar-refractivity contribution in [1.82, 2.24) is 26.3 Å². The first-order valence-corrected chi connectivity index (χ1v) is 10.3. The summed E-state index contributed by atoms with van der Waals surface area (Å²) in [6.07, 6.45) is 0.389. The summed E-state index contributed by atoms with van der Waals surface area (Å²) in [6.45, 7) is 1.51. The monoisotopic (exact) mass is 433 g/mol. The van der Waals surface area contributed by atoms with Gasteiger partial charge in [-0.25, -0.2) is 4.98 Å². The summed E-state index contributed by atoms with van der Waals surface area (Å²) in [4.78, 5) is 53.3. The lowest BCUT2D eigenvalue weighted by Gasteiger charge is -2.13. The molecule has 0 radical (unpaired) electrons. The Morgan fingerprint density at radius 2 is 1.62 bits per heavy atom. The highest BCUT2D eigenvalue weighted by molar-refractivity contribution is 6.16. The van der Waals surface area contributed by atoms with Gasteiger partial charge in [-0.1, -0.05) is 36.4 Å². The van der Waals surface area contributed by atoms with Crippen molar-refractivity contribution in [3.8, 4) is 0 Å². The SMILES string of the molecule is CC(=O)NC1CN[C@H](C(=O)NC(=O)CNC(=O)c2c3ccccc3nc3ccccc23)C1. The van der Waals surface area contributed by atoms with Crippen LogP contribution in [-0.4, -0.2) is 53.8 Å². The van der Waals surface area contributed by atoms with E-state index >= 15 is 0 Å². The van der Waals surface area contributed by atoms with Crippen LogP contribution in [0.3, 0.4) is 0 Å². The maximum Gasteiger partial charge on any atom is 0.253 e. The van der Waals surface area contributed by atoms with Gasteiger partial charge in [0.25, 0.3) is 5.91 Å². The van der Waals surface area contributed by atoms with Gasteiger partial charge in [0, 0.05) is 30.3 Å². The van der Waals surface area contributed by atoms with Crippen LogP contribution in [0.15, 0.2) is 48.5 Å². The fourth-order valence-electron chi connectivity index (χ4n) is 3.94. The van der Waals surface area contributed by atoms with Crippen LogP contribution < -0.4 is 21.3 Å². The number of fused-ring (bicyclic) bond motifs is 2.